The van der Waals surface area contributed by atoms with Gasteiger partial charge >= 0.3 is 11.8 Å². The van der Waals surface area contributed by atoms with Gasteiger partial charge in [0.15, 0.2) is 0 Å². The highest BCUT2D eigenvalue weighted by atomic mass is 35.5. The number of rotatable bonds is 3. The van der Waals surface area contributed by atoms with E-state index in [0.717, 1.165) is 11.1 Å². The Balaban J connectivity index is 1.94. The Morgan fingerprint density at radius 3 is 2.75 bits per heavy atom. The number of anilines is 1. The quantitative estimate of drug-likeness (QED) is 0.857. The first-order chi connectivity index (χ1) is 9.58. The Bertz CT molecular complexity index is 626. The van der Waals surface area contributed by atoms with Gasteiger partial charge in [-0.25, -0.2) is 0 Å². The number of hydrogen-bond acceptors (Lipinski definition) is 3. The maximum absolute atomic E-state index is 11.8. The monoisotopic (exact) mass is 308 g/mol. The van der Waals surface area contributed by atoms with Gasteiger partial charge in [0.1, 0.15) is 0 Å². The predicted molar refractivity (Wildman–Crippen MR) is 81.0 cm³/mol. The van der Waals surface area contributed by atoms with Crippen LogP contribution in [0, 0.1) is 6.92 Å². The Hall–Kier alpha value is -1.85. The van der Waals surface area contributed by atoms with E-state index >= 15 is 0 Å². The van der Waals surface area contributed by atoms with Gasteiger partial charge in [0.25, 0.3) is 0 Å². The van der Waals surface area contributed by atoms with Gasteiger partial charge in [-0.15, -0.1) is 0 Å². The van der Waals surface area contributed by atoms with Gasteiger partial charge in [-0.05, 0) is 47.0 Å². The Morgan fingerprint density at radius 2 is 2.05 bits per heavy atom. The van der Waals surface area contributed by atoms with Crippen LogP contribution in [0.25, 0.3) is 0 Å². The topological polar surface area (TPSA) is 58.2 Å². The highest BCUT2D eigenvalue weighted by molar-refractivity contribution is 7.07. The molecule has 0 fully saturated rings. The summed E-state index contributed by atoms with van der Waals surface area (Å²) in [6.07, 6.45) is 0. The maximum atomic E-state index is 11.8. The van der Waals surface area contributed by atoms with E-state index in [0.29, 0.717) is 17.3 Å². The molecule has 6 heteroatoms. The molecular weight excluding hydrogens is 296 g/mol. The molecule has 104 valence electrons. The molecule has 2 amide bonds. The standard InChI is InChI=1S/C14H13ClN2O2S/c1-9-11(15)3-2-4-12(9)17-14(19)13(18)16-7-10-5-6-20-8-10/h2-6,8H,7H2,1H3,(H,16,18)(H,17,19). The fourth-order valence-corrected chi connectivity index (χ4v) is 2.42. The molecule has 0 saturated heterocycles. The fraction of sp³-hybridized carbons (Fsp3) is 0.143. The normalized spacial score (nSPS) is 10.1. The Morgan fingerprint density at radius 1 is 1.25 bits per heavy atom. The zero-order valence-corrected chi connectivity index (χ0v) is 12.3. The number of hydrogen-bond donors (Lipinski definition) is 2. The molecule has 2 rings (SSSR count). The molecule has 0 saturated carbocycles. The van der Waals surface area contributed by atoms with Gasteiger partial charge in [0.05, 0.1) is 0 Å². The third-order valence-electron chi connectivity index (χ3n) is 2.76. The first kappa shape index (κ1) is 14.6. The van der Waals surface area contributed by atoms with E-state index in [1.54, 1.807) is 25.1 Å². The number of nitrogens with one attached hydrogen (secondary N) is 2. The molecule has 0 radical (unpaired) electrons. The van der Waals surface area contributed by atoms with Gasteiger partial charge in [0.2, 0.25) is 0 Å². The molecule has 1 aromatic heterocycles. The fourth-order valence-electron chi connectivity index (χ4n) is 1.58. The summed E-state index contributed by atoms with van der Waals surface area (Å²) in [5.41, 5.74) is 2.23. The zero-order valence-electron chi connectivity index (χ0n) is 10.8. The third kappa shape index (κ3) is 3.59. The van der Waals surface area contributed by atoms with Crippen LogP contribution in [0.3, 0.4) is 0 Å². The molecule has 1 aromatic carbocycles. The smallest absolute Gasteiger partial charge is 0.313 e. The number of thiophene rings is 1. The molecular formula is C14H13ClN2O2S. The lowest BCUT2D eigenvalue weighted by Crippen LogP contribution is -2.35. The van der Waals surface area contributed by atoms with Crippen molar-refractivity contribution in [1.82, 2.24) is 5.32 Å². The van der Waals surface area contributed by atoms with Crippen molar-refractivity contribution in [3.8, 4) is 0 Å². The summed E-state index contributed by atoms with van der Waals surface area (Å²) in [6.45, 7) is 2.12. The van der Waals surface area contributed by atoms with Gasteiger partial charge in [-0.2, -0.15) is 11.3 Å². The summed E-state index contributed by atoms with van der Waals surface area (Å²) in [7, 11) is 0. The summed E-state index contributed by atoms with van der Waals surface area (Å²) in [6, 6.07) is 7.03. The average molecular weight is 309 g/mol. The van der Waals surface area contributed by atoms with Crippen molar-refractivity contribution in [1.29, 1.82) is 0 Å². The summed E-state index contributed by atoms with van der Waals surface area (Å²) < 4.78 is 0. The lowest BCUT2D eigenvalue weighted by molar-refractivity contribution is -0.136. The van der Waals surface area contributed by atoms with E-state index in [2.05, 4.69) is 10.6 Å². The Labute approximate surface area is 125 Å². The van der Waals surface area contributed by atoms with E-state index in [4.69, 9.17) is 11.6 Å². The zero-order chi connectivity index (χ0) is 14.5. The summed E-state index contributed by atoms with van der Waals surface area (Å²) in [5.74, 6) is -1.37. The van der Waals surface area contributed by atoms with Crippen molar-refractivity contribution >= 4 is 40.4 Å². The second-order valence-electron chi connectivity index (χ2n) is 4.18. The van der Waals surface area contributed by atoms with Crippen LogP contribution in [0.4, 0.5) is 5.69 Å². The largest absolute Gasteiger partial charge is 0.344 e. The summed E-state index contributed by atoms with van der Waals surface area (Å²) in [5, 5.41) is 9.48. The maximum Gasteiger partial charge on any atom is 0.313 e. The first-order valence-corrected chi connectivity index (χ1v) is 7.25. The third-order valence-corrected chi connectivity index (χ3v) is 3.90. The van der Waals surface area contributed by atoms with Crippen molar-refractivity contribution < 1.29 is 9.59 Å². The van der Waals surface area contributed by atoms with Crippen LogP contribution in [0.15, 0.2) is 35.0 Å². The van der Waals surface area contributed by atoms with Crippen molar-refractivity contribution in [2.45, 2.75) is 13.5 Å². The van der Waals surface area contributed by atoms with Crippen LogP contribution in [-0.2, 0) is 16.1 Å². The molecule has 0 aliphatic heterocycles. The minimum Gasteiger partial charge on any atom is -0.344 e. The number of halogens is 1. The van der Waals surface area contributed by atoms with E-state index in [9.17, 15) is 9.59 Å². The van der Waals surface area contributed by atoms with Crippen LogP contribution in [0.5, 0.6) is 0 Å². The highest BCUT2D eigenvalue weighted by Gasteiger charge is 2.14. The Kier molecular flexibility index (Phi) is 4.76. The minimum absolute atomic E-state index is 0.338. The van der Waals surface area contributed by atoms with Crippen molar-refractivity contribution in [3.63, 3.8) is 0 Å². The molecule has 0 spiro atoms. The number of carbonyl (C=O) groups excluding carboxylic acids is 2. The van der Waals surface area contributed by atoms with Crippen molar-refractivity contribution in [2.75, 3.05) is 5.32 Å². The first-order valence-electron chi connectivity index (χ1n) is 5.93. The second-order valence-corrected chi connectivity index (χ2v) is 5.37. The number of carbonyl (C=O) groups is 2. The van der Waals surface area contributed by atoms with Crippen LogP contribution in [0.2, 0.25) is 5.02 Å². The van der Waals surface area contributed by atoms with Crippen LogP contribution in [-0.4, -0.2) is 11.8 Å². The van der Waals surface area contributed by atoms with Crippen LogP contribution < -0.4 is 10.6 Å². The second kappa shape index (κ2) is 6.54. The van der Waals surface area contributed by atoms with E-state index < -0.39 is 11.8 Å². The lowest BCUT2D eigenvalue weighted by Gasteiger charge is -2.09. The molecule has 4 nitrogen and oxygen atoms in total. The van der Waals surface area contributed by atoms with Crippen LogP contribution >= 0.6 is 22.9 Å². The predicted octanol–water partition coefficient (Wildman–Crippen LogP) is 2.96. The molecule has 2 N–H and O–H groups in total. The molecule has 20 heavy (non-hydrogen) atoms. The van der Waals surface area contributed by atoms with Gasteiger partial charge < -0.3 is 10.6 Å². The molecule has 0 aliphatic rings. The summed E-state index contributed by atoms with van der Waals surface area (Å²) >= 11 is 7.49. The van der Waals surface area contributed by atoms with E-state index in [1.165, 1.54) is 11.3 Å². The molecule has 2 aromatic rings. The molecule has 0 aliphatic carbocycles. The van der Waals surface area contributed by atoms with E-state index in [-0.39, 0.29) is 0 Å². The van der Waals surface area contributed by atoms with Gasteiger partial charge in [-0.3, -0.25) is 9.59 Å². The number of amides is 2. The lowest BCUT2D eigenvalue weighted by atomic mass is 10.2. The van der Waals surface area contributed by atoms with Gasteiger partial charge in [0, 0.05) is 17.3 Å². The van der Waals surface area contributed by atoms with Crippen molar-refractivity contribution in [2.24, 2.45) is 0 Å². The van der Waals surface area contributed by atoms with Crippen molar-refractivity contribution in [3.05, 3.63) is 51.2 Å². The SMILES string of the molecule is Cc1c(Cl)cccc1NC(=O)C(=O)NCc1ccsc1. The molecule has 0 atom stereocenters. The summed E-state index contributed by atoms with van der Waals surface area (Å²) in [4.78, 5) is 23.5. The van der Waals surface area contributed by atoms with E-state index in [1.807, 2.05) is 16.8 Å². The molecule has 0 unspecified atom stereocenters. The molecule has 0 bridgehead atoms. The highest BCUT2D eigenvalue weighted by Crippen LogP contribution is 2.22. The average Bonchev–Trinajstić information content (AvgIpc) is 2.94. The van der Waals surface area contributed by atoms with Gasteiger partial charge in [-0.1, -0.05) is 17.7 Å². The minimum atomic E-state index is -0.703. The van der Waals surface area contributed by atoms with Crippen LogP contribution in [0.1, 0.15) is 11.1 Å². The number of benzene rings is 1. The molecule has 1 heterocycles.